The van der Waals surface area contributed by atoms with Gasteiger partial charge in [-0.15, -0.1) is 11.3 Å². The lowest BCUT2D eigenvalue weighted by molar-refractivity contribution is 0.0778. The van der Waals surface area contributed by atoms with Crippen LogP contribution >= 0.6 is 23.3 Å². The molecular formula is C6H10N2OS2. The van der Waals surface area contributed by atoms with E-state index in [0.717, 1.165) is 17.0 Å². The van der Waals surface area contributed by atoms with E-state index >= 15 is 0 Å². The van der Waals surface area contributed by atoms with E-state index in [1.54, 1.807) is 13.8 Å². The van der Waals surface area contributed by atoms with Crippen molar-refractivity contribution < 1.29 is 5.11 Å². The first-order valence-corrected chi connectivity index (χ1v) is 4.85. The Bertz CT molecular complexity index is 241. The smallest absolute Gasteiger partial charge is 0.125 e. The fraction of sp³-hybridized carbons (Fsp3) is 0.500. The SMILES string of the molecule is CC(C)(O)c1nc(SN)cs1. The molecule has 0 aromatic carbocycles. The predicted octanol–water partition coefficient (Wildman–Crippen LogP) is 1.34. The van der Waals surface area contributed by atoms with Gasteiger partial charge >= 0.3 is 0 Å². The van der Waals surface area contributed by atoms with Crippen LogP contribution in [0.1, 0.15) is 18.9 Å². The van der Waals surface area contributed by atoms with Gasteiger partial charge in [-0.3, -0.25) is 5.14 Å². The molecule has 0 atom stereocenters. The summed E-state index contributed by atoms with van der Waals surface area (Å²) >= 11 is 2.51. The molecule has 3 nitrogen and oxygen atoms in total. The van der Waals surface area contributed by atoms with Gasteiger partial charge in [0, 0.05) is 5.38 Å². The maximum atomic E-state index is 9.50. The summed E-state index contributed by atoms with van der Waals surface area (Å²) in [5, 5.41) is 18.1. The summed E-state index contributed by atoms with van der Waals surface area (Å²) in [5.74, 6) is 0. The molecule has 62 valence electrons. The standard InChI is InChI=1S/C6H10N2OS2/c1-6(2,9)5-8-4(11-7)3-10-5/h3,9H,7H2,1-2H3. The van der Waals surface area contributed by atoms with E-state index in [1.165, 1.54) is 11.3 Å². The number of nitrogens with zero attached hydrogens (tertiary/aromatic N) is 1. The van der Waals surface area contributed by atoms with Crippen LogP contribution in [-0.4, -0.2) is 10.1 Å². The van der Waals surface area contributed by atoms with Crippen LogP contribution in [0.2, 0.25) is 0 Å². The first-order valence-electron chi connectivity index (χ1n) is 3.09. The lowest BCUT2D eigenvalue weighted by Crippen LogP contribution is -2.14. The fourth-order valence-corrected chi connectivity index (χ4v) is 1.87. The molecular weight excluding hydrogens is 180 g/mol. The molecule has 1 rings (SSSR count). The van der Waals surface area contributed by atoms with Crippen LogP contribution in [0, 0.1) is 0 Å². The Morgan fingerprint density at radius 1 is 1.73 bits per heavy atom. The molecule has 0 aliphatic rings. The van der Waals surface area contributed by atoms with Crippen molar-refractivity contribution in [3.05, 3.63) is 10.4 Å². The first-order chi connectivity index (χ1) is 5.04. The van der Waals surface area contributed by atoms with E-state index in [9.17, 15) is 5.11 Å². The van der Waals surface area contributed by atoms with Crippen molar-refractivity contribution in [3.8, 4) is 0 Å². The van der Waals surface area contributed by atoms with E-state index in [1.807, 2.05) is 5.38 Å². The second-order valence-corrected chi connectivity index (χ2v) is 4.18. The number of aliphatic hydroxyl groups is 1. The monoisotopic (exact) mass is 190 g/mol. The molecule has 0 fully saturated rings. The lowest BCUT2D eigenvalue weighted by atomic mass is 10.2. The molecule has 1 aromatic rings. The van der Waals surface area contributed by atoms with Crippen molar-refractivity contribution in [2.75, 3.05) is 0 Å². The average Bonchev–Trinajstić information content (AvgIpc) is 2.32. The van der Waals surface area contributed by atoms with Gasteiger partial charge in [0.25, 0.3) is 0 Å². The minimum Gasteiger partial charge on any atom is -0.383 e. The van der Waals surface area contributed by atoms with E-state index < -0.39 is 5.60 Å². The minimum atomic E-state index is -0.849. The highest BCUT2D eigenvalue weighted by molar-refractivity contribution is 7.97. The van der Waals surface area contributed by atoms with Crippen molar-refractivity contribution in [1.82, 2.24) is 4.98 Å². The number of hydrogen-bond donors (Lipinski definition) is 2. The van der Waals surface area contributed by atoms with E-state index in [-0.39, 0.29) is 0 Å². The second-order valence-electron chi connectivity index (χ2n) is 2.67. The molecule has 5 heteroatoms. The molecule has 0 saturated heterocycles. The van der Waals surface area contributed by atoms with Gasteiger partial charge in [-0.2, -0.15) is 0 Å². The van der Waals surface area contributed by atoms with Gasteiger partial charge in [0.05, 0.1) is 0 Å². The second kappa shape index (κ2) is 3.10. The van der Waals surface area contributed by atoms with Crippen LogP contribution in [0.4, 0.5) is 0 Å². The third-order valence-corrected chi connectivity index (χ3v) is 2.88. The van der Waals surface area contributed by atoms with Crippen LogP contribution in [0.3, 0.4) is 0 Å². The fourth-order valence-electron chi connectivity index (χ4n) is 0.594. The first kappa shape index (κ1) is 8.99. The summed E-state index contributed by atoms with van der Waals surface area (Å²) in [7, 11) is 0. The van der Waals surface area contributed by atoms with Crippen molar-refractivity contribution >= 4 is 23.3 Å². The zero-order valence-electron chi connectivity index (χ0n) is 6.37. The number of rotatable bonds is 2. The zero-order valence-corrected chi connectivity index (χ0v) is 8.00. The van der Waals surface area contributed by atoms with E-state index in [4.69, 9.17) is 5.14 Å². The highest BCUT2D eigenvalue weighted by Crippen LogP contribution is 2.25. The quantitative estimate of drug-likeness (QED) is 0.691. The third kappa shape index (κ3) is 2.16. The van der Waals surface area contributed by atoms with Gasteiger partial charge in [0.1, 0.15) is 15.6 Å². The Labute approximate surface area is 73.8 Å². The molecule has 0 aliphatic heterocycles. The minimum absolute atomic E-state index is 0.699. The Hall–Kier alpha value is -0.100. The van der Waals surface area contributed by atoms with Crippen LogP contribution < -0.4 is 5.14 Å². The molecule has 3 N–H and O–H groups in total. The van der Waals surface area contributed by atoms with E-state index in [2.05, 4.69) is 4.98 Å². The van der Waals surface area contributed by atoms with Crippen LogP contribution in [0.25, 0.3) is 0 Å². The summed E-state index contributed by atoms with van der Waals surface area (Å²) in [6, 6.07) is 0. The average molecular weight is 190 g/mol. The van der Waals surface area contributed by atoms with Crippen LogP contribution in [0.5, 0.6) is 0 Å². The molecule has 1 aromatic heterocycles. The summed E-state index contributed by atoms with van der Waals surface area (Å²) in [5.41, 5.74) is -0.849. The maximum absolute atomic E-state index is 9.50. The topological polar surface area (TPSA) is 59.1 Å². The van der Waals surface area contributed by atoms with Crippen molar-refractivity contribution in [1.29, 1.82) is 0 Å². The van der Waals surface area contributed by atoms with Crippen molar-refractivity contribution in [2.24, 2.45) is 5.14 Å². The zero-order chi connectivity index (χ0) is 8.48. The molecule has 11 heavy (non-hydrogen) atoms. The predicted molar refractivity (Wildman–Crippen MR) is 47.4 cm³/mol. The Kier molecular flexibility index (Phi) is 2.54. The molecule has 0 bridgehead atoms. The molecule has 0 radical (unpaired) electrons. The van der Waals surface area contributed by atoms with Gasteiger partial charge in [-0.25, -0.2) is 4.98 Å². The summed E-state index contributed by atoms with van der Waals surface area (Å²) < 4.78 is 0. The number of thiazole rings is 1. The Morgan fingerprint density at radius 3 is 2.64 bits per heavy atom. The highest BCUT2D eigenvalue weighted by Gasteiger charge is 2.19. The third-order valence-electron chi connectivity index (χ3n) is 1.13. The highest BCUT2D eigenvalue weighted by atomic mass is 32.2. The maximum Gasteiger partial charge on any atom is 0.125 e. The molecule has 0 saturated carbocycles. The van der Waals surface area contributed by atoms with Crippen molar-refractivity contribution in [2.45, 2.75) is 24.5 Å². The summed E-state index contributed by atoms with van der Waals surface area (Å²) in [6.07, 6.45) is 0. The van der Waals surface area contributed by atoms with Crippen molar-refractivity contribution in [3.63, 3.8) is 0 Å². The molecule has 0 unspecified atom stereocenters. The van der Waals surface area contributed by atoms with Gasteiger partial charge in [0.2, 0.25) is 0 Å². The molecule has 0 aliphatic carbocycles. The van der Waals surface area contributed by atoms with Gasteiger partial charge in [0.15, 0.2) is 0 Å². The normalized spacial score (nSPS) is 12.0. The molecule has 0 spiro atoms. The van der Waals surface area contributed by atoms with Gasteiger partial charge < -0.3 is 5.11 Å². The Balaban J connectivity index is 2.89. The van der Waals surface area contributed by atoms with Crippen LogP contribution in [-0.2, 0) is 5.60 Å². The Morgan fingerprint density at radius 2 is 2.36 bits per heavy atom. The summed E-state index contributed by atoms with van der Waals surface area (Å²) in [6.45, 7) is 3.41. The van der Waals surface area contributed by atoms with Crippen LogP contribution in [0.15, 0.2) is 10.4 Å². The van der Waals surface area contributed by atoms with Gasteiger partial charge in [-0.05, 0) is 25.8 Å². The number of hydrogen-bond acceptors (Lipinski definition) is 5. The summed E-state index contributed by atoms with van der Waals surface area (Å²) in [4.78, 5) is 4.11. The van der Waals surface area contributed by atoms with E-state index in [0.29, 0.717) is 5.01 Å². The number of aromatic nitrogens is 1. The van der Waals surface area contributed by atoms with Gasteiger partial charge in [-0.1, -0.05) is 0 Å². The lowest BCUT2D eigenvalue weighted by Gasteiger charge is -2.12. The molecule has 1 heterocycles. The largest absolute Gasteiger partial charge is 0.383 e. The number of nitrogens with two attached hydrogens (primary N) is 1. The molecule has 0 amide bonds.